The molecule has 0 spiro atoms. The molecule has 1 fully saturated rings. The molecule has 0 amide bonds. The van der Waals surface area contributed by atoms with Gasteiger partial charge in [-0.3, -0.25) is 4.79 Å². The van der Waals surface area contributed by atoms with Crippen LogP contribution in [0.3, 0.4) is 0 Å². The van der Waals surface area contributed by atoms with E-state index in [9.17, 15) is 13.2 Å². The molecule has 1 aromatic heterocycles. The molecular weight excluding hydrogens is 474 g/mol. The number of methoxy groups -OCH3 is 1. The van der Waals surface area contributed by atoms with Crippen LogP contribution in [0.15, 0.2) is 71.6 Å². The van der Waals surface area contributed by atoms with Crippen LogP contribution in [-0.4, -0.2) is 31.5 Å². The van der Waals surface area contributed by atoms with E-state index < -0.39 is 10.0 Å². The minimum absolute atomic E-state index is 0.0539. The minimum atomic E-state index is -3.77. The van der Waals surface area contributed by atoms with Crippen molar-refractivity contribution in [1.29, 1.82) is 0 Å². The largest absolute Gasteiger partial charge is 0.469 e. The van der Waals surface area contributed by atoms with Crippen LogP contribution >= 0.6 is 0 Å². The van der Waals surface area contributed by atoms with Gasteiger partial charge in [0.05, 0.1) is 23.0 Å². The number of nitrogens with two attached hydrogens (primary N) is 1. The number of H-pyrrole nitrogens is 1. The summed E-state index contributed by atoms with van der Waals surface area (Å²) in [6.07, 6.45) is 4.86. The Morgan fingerprint density at radius 2 is 1.56 bits per heavy atom. The molecule has 1 saturated carbocycles. The maximum Gasteiger partial charge on any atom is 0.305 e. The summed E-state index contributed by atoms with van der Waals surface area (Å²) in [5.74, 6) is 1.54. The van der Waals surface area contributed by atoms with Gasteiger partial charge in [-0.15, -0.1) is 0 Å². The van der Waals surface area contributed by atoms with E-state index in [1.54, 1.807) is 6.07 Å². The van der Waals surface area contributed by atoms with Gasteiger partial charge in [0.1, 0.15) is 5.82 Å². The fraction of sp³-hybridized carbons (Fsp3) is 0.286. The van der Waals surface area contributed by atoms with Crippen LogP contribution in [0.5, 0.6) is 0 Å². The number of aromatic amines is 1. The molecule has 5 rings (SSSR count). The van der Waals surface area contributed by atoms with E-state index in [4.69, 9.17) is 9.88 Å². The van der Waals surface area contributed by atoms with Crippen LogP contribution < -0.4 is 5.14 Å². The Morgan fingerprint density at radius 3 is 2.17 bits per heavy atom. The quantitative estimate of drug-likeness (QED) is 0.343. The van der Waals surface area contributed by atoms with Crippen molar-refractivity contribution in [2.24, 2.45) is 11.1 Å². The zero-order valence-electron chi connectivity index (χ0n) is 20.1. The Morgan fingerprint density at radius 1 is 0.944 bits per heavy atom. The molecule has 3 N–H and O–H groups in total. The van der Waals surface area contributed by atoms with E-state index in [1.165, 1.54) is 24.8 Å². The number of nitrogens with zero attached hydrogens (tertiary/aromatic N) is 1. The predicted molar refractivity (Wildman–Crippen MR) is 140 cm³/mol. The van der Waals surface area contributed by atoms with Gasteiger partial charge in [0.15, 0.2) is 0 Å². The van der Waals surface area contributed by atoms with Crippen molar-refractivity contribution >= 4 is 27.0 Å². The zero-order valence-corrected chi connectivity index (χ0v) is 20.9. The van der Waals surface area contributed by atoms with Gasteiger partial charge in [-0.05, 0) is 72.4 Å². The van der Waals surface area contributed by atoms with Crippen molar-refractivity contribution in [3.63, 3.8) is 0 Å². The topological polar surface area (TPSA) is 115 Å². The molecule has 0 aliphatic heterocycles. The summed E-state index contributed by atoms with van der Waals surface area (Å²) in [5, 5.41) is 5.24. The van der Waals surface area contributed by atoms with E-state index in [2.05, 4.69) is 46.4 Å². The van der Waals surface area contributed by atoms with Crippen molar-refractivity contribution < 1.29 is 17.9 Å². The maximum absolute atomic E-state index is 11.6. The molecule has 1 aliphatic carbocycles. The molecule has 0 saturated heterocycles. The van der Waals surface area contributed by atoms with E-state index >= 15 is 0 Å². The van der Waals surface area contributed by atoms with Gasteiger partial charge >= 0.3 is 5.97 Å². The molecule has 0 bridgehead atoms. The average Bonchev–Trinajstić information content (AvgIpc) is 3.32. The summed E-state index contributed by atoms with van der Waals surface area (Å²) in [5.41, 5.74) is 5.82. The number of fused-ring (bicyclic) bond motifs is 1. The third-order valence-electron chi connectivity index (χ3n) is 7.19. The predicted octanol–water partition coefficient (Wildman–Crippen LogP) is 5.38. The van der Waals surface area contributed by atoms with Crippen LogP contribution in [-0.2, 0) is 19.6 Å². The second-order valence-corrected chi connectivity index (χ2v) is 11.1. The molecule has 7 nitrogen and oxygen atoms in total. The Labute approximate surface area is 210 Å². The van der Waals surface area contributed by atoms with E-state index in [0.717, 1.165) is 42.4 Å². The van der Waals surface area contributed by atoms with E-state index in [1.807, 2.05) is 12.1 Å². The molecule has 36 heavy (non-hydrogen) atoms. The zero-order chi connectivity index (χ0) is 25.3. The Kier molecular flexibility index (Phi) is 6.64. The molecule has 8 heteroatoms. The van der Waals surface area contributed by atoms with Crippen LogP contribution in [0.1, 0.15) is 43.6 Å². The first kappa shape index (κ1) is 24.2. The molecule has 1 aliphatic rings. The number of nitrogens with one attached hydrogen (secondary N) is 1. The molecule has 4 aromatic rings. The molecule has 0 radical (unpaired) electrons. The fourth-order valence-electron chi connectivity index (χ4n) is 5.09. The van der Waals surface area contributed by atoms with Crippen molar-refractivity contribution in [2.75, 3.05) is 7.11 Å². The standard InChI is InChI=1S/C28H29N3O4S/c1-35-27(32)16-18-2-4-19(5-3-18)20-6-8-21(9-7-20)22-10-12-23(13-11-22)28-30-25-15-14-24(36(29,33)34)17-26(25)31-28/h6-15,17-19H,2-5,16H2,1H3,(H,30,31)(H2,29,33,34). The summed E-state index contributed by atoms with van der Waals surface area (Å²) in [4.78, 5) is 19.4. The molecule has 3 aromatic carbocycles. The average molecular weight is 504 g/mol. The second kappa shape index (κ2) is 9.87. The first-order valence-corrected chi connectivity index (χ1v) is 13.6. The van der Waals surface area contributed by atoms with Gasteiger partial charge in [-0.25, -0.2) is 18.5 Å². The Bertz CT molecular complexity index is 1480. The number of sulfonamides is 1. The molecule has 1 heterocycles. The lowest BCUT2D eigenvalue weighted by atomic mass is 9.77. The van der Waals surface area contributed by atoms with Crippen molar-refractivity contribution in [3.05, 3.63) is 72.3 Å². The minimum Gasteiger partial charge on any atom is -0.469 e. The van der Waals surface area contributed by atoms with Gasteiger partial charge in [0, 0.05) is 12.0 Å². The highest BCUT2D eigenvalue weighted by Gasteiger charge is 2.24. The number of hydrogen-bond acceptors (Lipinski definition) is 5. The van der Waals surface area contributed by atoms with Gasteiger partial charge < -0.3 is 9.72 Å². The number of imidazole rings is 1. The SMILES string of the molecule is COC(=O)CC1CCC(c2ccc(-c3ccc(-c4nc5ccc(S(N)(=O)=O)cc5[nH]4)cc3)cc2)CC1. The second-order valence-electron chi connectivity index (χ2n) is 9.51. The summed E-state index contributed by atoms with van der Waals surface area (Å²) < 4.78 is 28.1. The van der Waals surface area contributed by atoms with Gasteiger partial charge in [-0.2, -0.15) is 0 Å². The summed E-state index contributed by atoms with van der Waals surface area (Å²) >= 11 is 0. The summed E-state index contributed by atoms with van der Waals surface area (Å²) in [7, 11) is -2.31. The number of carbonyl (C=O) groups excluding carboxylic acids is 1. The first-order valence-electron chi connectivity index (χ1n) is 12.1. The monoisotopic (exact) mass is 503 g/mol. The number of aromatic nitrogens is 2. The molecule has 0 atom stereocenters. The van der Waals surface area contributed by atoms with Crippen LogP contribution in [0.4, 0.5) is 0 Å². The third-order valence-corrected chi connectivity index (χ3v) is 8.10. The van der Waals surface area contributed by atoms with Crippen molar-refractivity contribution in [2.45, 2.75) is 42.9 Å². The Hall–Kier alpha value is -3.49. The molecule has 0 unspecified atom stereocenters. The lowest BCUT2D eigenvalue weighted by Gasteiger charge is -2.28. The highest BCUT2D eigenvalue weighted by atomic mass is 32.2. The number of esters is 1. The molecule has 186 valence electrons. The van der Waals surface area contributed by atoms with Gasteiger partial charge in [0.25, 0.3) is 0 Å². The normalized spacial score (nSPS) is 18.3. The molecular formula is C28H29N3O4S. The third kappa shape index (κ3) is 5.20. The summed E-state index contributed by atoms with van der Waals surface area (Å²) in [6, 6.07) is 21.5. The van der Waals surface area contributed by atoms with Gasteiger partial charge in [-0.1, -0.05) is 48.5 Å². The number of ether oxygens (including phenoxy) is 1. The van der Waals surface area contributed by atoms with E-state index in [-0.39, 0.29) is 10.9 Å². The number of primary sulfonamides is 1. The number of rotatable bonds is 6. The maximum atomic E-state index is 11.6. The smallest absolute Gasteiger partial charge is 0.305 e. The van der Waals surface area contributed by atoms with Crippen LogP contribution in [0.25, 0.3) is 33.5 Å². The van der Waals surface area contributed by atoms with Crippen molar-refractivity contribution in [1.82, 2.24) is 9.97 Å². The highest BCUT2D eigenvalue weighted by Crippen LogP contribution is 2.38. The lowest BCUT2D eigenvalue weighted by molar-refractivity contribution is -0.142. The number of benzene rings is 3. The van der Waals surface area contributed by atoms with E-state index in [0.29, 0.717) is 35.1 Å². The first-order chi connectivity index (χ1) is 17.3. The van der Waals surface area contributed by atoms with Crippen molar-refractivity contribution in [3.8, 4) is 22.5 Å². The van der Waals surface area contributed by atoms with Crippen LogP contribution in [0, 0.1) is 5.92 Å². The Balaban J connectivity index is 1.27. The fourth-order valence-corrected chi connectivity index (χ4v) is 5.63. The van der Waals surface area contributed by atoms with Crippen LogP contribution in [0.2, 0.25) is 0 Å². The lowest BCUT2D eigenvalue weighted by Crippen LogP contribution is -2.17. The van der Waals surface area contributed by atoms with Gasteiger partial charge in [0.2, 0.25) is 10.0 Å². The summed E-state index contributed by atoms with van der Waals surface area (Å²) in [6.45, 7) is 0. The number of hydrogen-bond donors (Lipinski definition) is 2. The number of carbonyl (C=O) groups is 1. The highest BCUT2D eigenvalue weighted by molar-refractivity contribution is 7.89.